The third-order valence-electron chi connectivity index (χ3n) is 3.13. The molecular weight excluding hydrogens is 309 g/mol. The van der Waals surface area contributed by atoms with E-state index < -0.39 is 17.4 Å². The summed E-state index contributed by atoms with van der Waals surface area (Å²) in [6.07, 6.45) is -0.145. The number of aliphatic carboxylic acids is 1. The van der Waals surface area contributed by atoms with E-state index in [0.29, 0.717) is 21.0 Å². The number of aromatic nitrogens is 1. The fraction of sp³-hybridized carbons (Fsp3) is 0.133. The molecule has 3 rings (SSSR count). The zero-order chi connectivity index (χ0) is 15.9. The van der Waals surface area contributed by atoms with Gasteiger partial charge in [0.2, 0.25) is 0 Å². The first kappa shape index (κ1) is 14.4. The molecule has 0 saturated carbocycles. The van der Waals surface area contributed by atoms with Gasteiger partial charge < -0.3 is 9.52 Å². The number of nitrogens with zero attached hydrogens (tertiary/aromatic N) is 1. The van der Waals surface area contributed by atoms with Crippen molar-refractivity contribution in [3.05, 3.63) is 51.1 Å². The second-order valence-corrected chi connectivity index (χ2v) is 5.81. The quantitative estimate of drug-likeness (QED) is 0.751. The number of halogens is 1. The summed E-state index contributed by atoms with van der Waals surface area (Å²) in [5.74, 6) is -1.45. The van der Waals surface area contributed by atoms with Gasteiger partial charge in [0, 0.05) is 16.3 Å². The van der Waals surface area contributed by atoms with Gasteiger partial charge in [-0.15, -0.1) is 11.3 Å². The Kier molecular flexibility index (Phi) is 3.50. The first-order chi connectivity index (χ1) is 10.4. The summed E-state index contributed by atoms with van der Waals surface area (Å²) < 4.78 is 18.3. The maximum Gasteiger partial charge on any atom is 0.346 e. The first-order valence-electron chi connectivity index (χ1n) is 6.36. The molecule has 0 aliphatic rings. The van der Waals surface area contributed by atoms with E-state index in [0.717, 1.165) is 17.4 Å². The average molecular weight is 319 g/mol. The van der Waals surface area contributed by atoms with Crippen LogP contribution in [-0.4, -0.2) is 16.1 Å². The second-order valence-electron chi connectivity index (χ2n) is 4.73. The van der Waals surface area contributed by atoms with Crippen molar-refractivity contribution < 1.29 is 18.7 Å². The van der Waals surface area contributed by atoms with Crippen molar-refractivity contribution in [1.29, 1.82) is 0 Å². The summed E-state index contributed by atoms with van der Waals surface area (Å²) >= 11 is 1.14. The lowest BCUT2D eigenvalue weighted by molar-refractivity contribution is -0.136. The van der Waals surface area contributed by atoms with Gasteiger partial charge in [0.05, 0.1) is 17.7 Å². The van der Waals surface area contributed by atoms with Gasteiger partial charge in [0.25, 0.3) is 0 Å². The molecule has 7 heteroatoms. The molecule has 0 fully saturated rings. The Bertz CT molecular complexity index is 944. The minimum atomic E-state index is -0.959. The van der Waals surface area contributed by atoms with Crippen LogP contribution in [0, 0.1) is 12.7 Å². The van der Waals surface area contributed by atoms with Crippen molar-refractivity contribution in [1.82, 2.24) is 4.98 Å². The lowest BCUT2D eigenvalue weighted by Crippen LogP contribution is -2.02. The topological polar surface area (TPSA) is 80.4 Å². The fourth-order valence-corrected chi connectivity index (χ4v) is 3.14. The Morgan fingerprint density at radius 3 is 2.91 bits per heavy atom. The summed E-state index contributed by atoms with van der Waals surface area (Å²) in [6, 6.07) is 5.50. The van der Waals surface area contributed by atoms with Crippen molar-refractivity contribution in [2.75, 3.05) is 0 Å². The number of fused-ring (bicyclic) bond motifs is 1. The molecule has 0 radical (unpaired) electrons. The van der Waals surface area contributed by atoms with Gasteiger partial charge >= 0.3 is 11.6 Å². The van der Waals surface area contributed by atoms with Crippen molar-refractivity contribution in [2.45, 2.75) is 13.3 Å². The van der Waals surface area contributed by atoms with Gasteiger partial charge in [0.15, 0.2) is 0 Å². The summed E-state index contributed by atoms with van der Waals surface area (Å²) in [6.45, 7) is 1.69. The molecule has 0 unspecified atom stereocenters. The van der Waals surface area contributed by atoms with Gasteiger partial charge in [-0.2, -0.15) is 0 Å². The molecule has 0 bridgehead atoms. The number of aryl methyl sites for hydroxylation is 1. The normalized spacial score (nSPS) is 11.0. The largest absolute Gasteiger partial charge is 0.481 e. The van der Waals surface area contributed by atoms with E-state index >= 15 is 0 Å². The van der Waals surface area contributed by atoms with Gasteiger partial charge in [-0.25, -0.2) is 14.2 Å². The van der Waals surface area contributed by atoms with Crippen molar-refractivity contribution >= 4 is 28.3 Å². The van der Waals surface area contributed by atoms with E-state index in [-0.39, 0.29) is 17.6 Å². The number of carbonyl (C=O) groups is 1. The standard InChI is InChI=1S/C15H10FNO4S/c1-7-12(6-13(18)19)22-14(17-7)10-4-8-2-3-9(16)5-11(8)21-15(10)20/h2-5H,6H2,1H3,(H,18,19). The summed E-state index contributed by atoms with van der Waals surface area (Å²) in [7, 11) is 0. The number of thiazole rings is 1. The number of hydrogen-bond donors (Lipinski definition) is 1. The van der Waals surface area contributed by atoms with E-state index in [1.807, 2.05) is 0 Å². The molecule has 0 atom stereocenters. The Morgan fingerprint density at radius 2 is 2.18 bits per heavy atom. The molecule has 1 N–H and O–H groups in total. The third-order valence-corrected chi connectivity index (χ3v) is 4.32. The van der Waals surface area contributed by atoms with Crippen molar-refractivity contribution in [3.8, 4) is 10.6 Å². The molecule has 0 aliphatic carbocycles. The van der Waals surface area contributed by atoms with E-state index in [9.17, 15) is 14.0 Å². The van der Waals surface area contributed by atoms with Gasteiger partial charge in [-0.3, -0.25) is 4.79 Å². The molecule has 0 amide bonds. The average Bonchev–Trinajstić information content (AvgIpc) is 2.78. The molecule has 112 valence electrons. The molecule has 2 heterocycles. The monoisotopic (exact) mass is 319 g/mol. The molecule has 2 aromatic heterocycles. The highest BCUT2D eigenvalue weighted by molar-refractivity contribution is 7.15. The van der Waals surface area contributed by atoms with Crippen LogP contribution in [0.5, 0.6) is 0 Å². The molecule has 5 nitrogen and oxygen atoms in total. The summed E-state index contributed by atoms with van der Waals surface area (Å²) in [4.78, 5) is 27.7. The van der Waals surface area contributed by atoms with Crippen LogP contribution in [0.4, 0.5) is 4.39 Å². The Labute approximate surface area is 127 Å². The second kappa shape index (κ2) is 5.34. The maximum atomic E-state index is 13.1. The molecule has 22 heavy (non-hydrogen) atoms. The van der Waals surface area contributed by atoms with Crippen LogP contribution >= 0.6 is 11.3 Å². The SMILES string of the molecule is Cc1nc(-c2cc3ccc(F)cc3oc2=O)sc1CC(=O)O. The van der Waals surface area contributed by atoms with Crippen molar-refractivity contribution in [3.63, 3.8) is 0 Å². The van der Waals surface area contributed by atoms with Crippen LogP contribution in [-0.2, 0) is 11.2 Å². The van der Waals surface area contributed by atoms with Crippen LogP contribution in [0.15, 0.2) is 33.5 Å². The van der Waals surface area contributed by atoms with E-state index in [1.165, 1.54) is 12.1 Å². The molecule has 0 aliphatic heterocycles. The van der Waals surface area contributed by atoms with Crippen LogP contribution in [0.25, 0.3) is 21.5 Å². The highest BCUT2D eigenvalue weighted by atomic mass is 32.1. The smallest absolute Gasteiger partial charge is 0.346 e. The lowest BCUT2D eigenvalue weighted by atomic mass is 10.2. The first-order valence-corrected chi connectivity index (χ1v) is 7.17. The third kappa shape index (κ3) is 2.62. The highest BCUT2D eigenvalue weighted by Gasteiger charge is 2.16. The number of benzene rings is 1. The summed E-state index contributed by atoms with van der Waals surface area (Å²) in [5.41, 5.74) is 0.339. The van der Waals surface area contributed by atoms with E-state index in [4.69, 9.17) is 9.52 Å². The molecular formula is C15H10FNO4S. The van der Waals surface area contributed by atoms with Crippen LogP contribution < -0.4 is 5.63 Å². The molecule has 0 saturated heterocycles. The minimum absolute atomic E-state index is 0.145. The zero-order valence-corrected chi connectivity index (χ0v) is 12.2. The Morgan fingerprint density at radius 1 is 1.41 bits per heavy atom. The van der Waals surface area contributed by atoms with Gasteiger partial charge in [-0.05, 0) is 25.1 Å². The number of hydrogen-bond acceptors (Lipinski definition) is 5. The lowest BCUT2D eigenvalue weighted by Gasteiger charge is -1.99. The number of carboxylic acids is 1. The van der Waals surface area contributed by atoms with Gasteiger partial charge in [-0.1, -0.05) is 0 Å². The number of carboxylic acid groups (broad SMARTS) is 1. The molecule has 0 spiro atoms. The summed E-state index contributed by atoms with van der Waals surface area (Å²) in [5, 5.41) is 9.83. The fourth-order valence-electron chi connectivity index (χ4n) is 2.08. The van der Waals surface area contributed by atoms with Crippen LogP contribution in [0.3, 0.4) is 0 Å². The Balaban J connectivity index is 2.14. The van der Waals surface area contributed by atoms with Crippen LogP contribution in [0.2, 0.25) is 0 Å². The predicted molar refractivity (Wildman–Crippen MR) is 79.6 cm³/mol. The minimum Gasteiger partial charge on any atom is -0.481 e. The predicted octanol–water partition coefficient (Wildman–Crippen LogP) is 2.99. The molecule has 1 aromatic carbocycles. The van der Waals surface area contributed by atoms with Gasteiger partial charge in [0.1, 0.15) is 16.4 Å². The van der Waals surface area contributed by atoms with E-state index in [2.05, 4.69) is 4.98 Å². The highest BCUT2D eigenvalue weighted by Crippen LogP contribution is 2.28. The number of rotatable bonds is 3. The van der Waals surface area contributed by atoms with Crippen LogP contribution in [0.1, 0.15) is 10.6 Å². The zero-order valence-electron chi connectivity index (χ0n) is 11.4. The maximum absolute atomic E-state index is 13.1. The van der Waals surface area contributed by atoms with Crippen molar-refractivity contribution in [2.24, 2.45) is 0 Å². The molecule has 3 aromatic rings. The Hall–Kier alpha value is -2.54. The van der Waals surface area contributed by atoms with E-state index in [1.54, 1.807) is 13.0 Å².